The lowest BCUT2D eigenvalue weighted by Gasteiger charge is -2.23. The Labute approximate surface area is 192 Å². The van der Waals surface area contributed by atoms with Crippen LogP contribution >= 0.6 is 11.6 Å². The van der Waals surface area contributed by atoms with Crippen molar-refractivity contribution in [1.82, 2.24) is 0 Å². The zero-order valence-corrected chi connectivity index (χ0v) is 19.2. The largest absolute Gasteiger partial charge is 0.495 e. The zero-order chi connectivity index (χ0) is 23.1. The highest BCUT2D eigenvalue weighted by Crippen LogP contribution is 2.26. The summed E-state index contributed by atoms with van der Waals surface area (Å²) in [5.41, 5.74) is 1.69. The van der Waals surface area contributed by atoms with Crippen molar-refractivity contribution in [3.63, 3.8) is 0 Å². The predicted octanol–water partition coefficient (Wildman–Crippen LogP) is 4.33. The standard InChI is InChI=1S/C23H23ClN2O5S/c1-30-22-10-6-5-9-21(22)25-23(27)16-31-19-13-11-18(12-14-19)26(32(2,28)29)15-17-7-3-4-8-20(17)24/h3-14H,15-16H2,1-2H3,(H,25,27). The maximum Gasteiger partial charge on any atom is 0.262 e. The second-order valence-corrected chi connectivity index (χ2v) is 9.21. The monoisotopic (exact) mass is 474 g/mol. The van der Waals surface area contributed by atoms with Crippen LogP contribution in [0.4, 0.5) is 11.4 Å². The Hall–Kier alpha value is -3.23. The maximum absolute atomic E-state index is 12.4. The molecule has 0 saturated carbocycles. The van der Waals surface area contributed by atoms with Crippen LogP contribution < -0.4 is 19.1 Å². The topological polar surface area (TPSA) is 84.9 Å². The molecule has 0 aliphatic carbocycles. The van der Waals surface area contributed by atoms with Gasteiger partial charge in [-0.15, -0.1) is 0 Å². The Bertz CT molecular complexity index is 1180. The van der Waals surface area contributed by atoms with Gasteiger partial charge in [-0.3, -0.25) is 9.10 Å². The third-order valence-corrected chi connectivity index (χ3v) is 6.06. The van der Waals surface area contributed by atoms with Crippen LogP contribution in [0.1, 0.15) is 5.56 Å². The number of rotatable bonds is 9. The van der Waals surface area contributed by atoms with Gasteiger partial charge in [-0.05, 0) is 48.0 Å². The molecule has 9 heteroatoms. The SMILES string of the molecule is COc1ccccc1NC(=O)COc1ccc(N(Cc2ccccc2Cl)S(C)(=O)=O)cc1. The first-order valence-electron chi connectivity index (χ1n) is 9.65. The number of amides is 1. The number of anilines is 2. The predicted molar refractivity (Wildman–Crippen MR) is 126 cm³/mol. The van der Waals surface area contributed by atoms with Gasteiger partial charge in [-0.2, -0.15) is 0 Å². The lowest BCUT2D eigenvalue weighted by molar-refractivity contribution is -0.118. The third-order valence-electron chi connectivity index (χ3n) is 4.55. The molecule has 1 amide bonds. The third kappa shape index (κ3) is 6.15. The molecule has 3 aromatic carbocycles. The van der Waals surface area contributed by atoms with E-state index in [1.165, 1.54) is 11.4 Å². The molecule has 0 heterocycles. The number of sulfonamides is 1. The number of benzene rings is 3. The van der Waals surface area contributed by atoms with E-state index >= 15 is 0 Å². The van der Waals surface area contributed by atoms with Gasteiger partial charge in [0.1, 0.15) is 11.5 Å². The Balaban J connectivity index is 1.66. The number of nitrogens with zero attached hydrogens (tertiary/aromatic N) is 1. The molecule has 0 spiro atoms. The summed E-state index contributed by atoms with van der Waals surface area (Å²) < 4.78 is 36.7. The first kappa shape index (κ1) is 23.4. The van der Waals surface area contributed by atoms with Gasteiger partial charge in [0.05, 0.1) is 31.3 Å². The second kappa shape index (κ2) is 10.4. The highest BCUT2D eigenvalue weighted by atomic mass is 35.5. The minimum atomic E-state index is -3.55. The summed E-state index contributed by atoms with van der Waals surface area (Å²) in [5, 5.41) is 3.21. The van der Waals surface area contributed by atoms with Crippen molar-refractivity contribution in [2.24, 2.45) is 0 Å². The first-order valence-corrected chi connectivity index (χ1v) is 11.9. The van der Waals surface area contributed by atoms with Crippen LogP contribution in [0.25, 0.3) is 0 Å². The highest BCUT2D eigenvalue weighted by molar-refractivity contribution is 7.92. The average Bonchev–Trinajstić information content (AvgIpc) is 2.77. The minimum Gasteiger partial charge on any atom is -0.495 e. The molecule has 7 nitrogen and oxygen atoms in total. The molecule has 32 heavy (non-hydrogen) atoms. The minimum absolute atomic E-state index is 0.0972. The van der Waals surface area contributed by atoms with Crippen molar-refractivity contribution in [1.29, 1.82) is 0 Å². The summed E-state index contributed by atoms with van der Waals surface area (Å²) >= 11 is 6.19. The fraction of sp³-hybridized carbons (Fsp3) is 0.174. The van der Waals surface area contributed by atoms with Crippen LogP contribution in [0, 0.1) is 0 Å². The summed E-state index contributed by atoms with van der Waals surface area (Å²) in [5.74, 6) is 0.620. The van der Waals surface area contributed by atoms with Crippen LogP contribution in [0.15, 0.2) is 72.8 Å². The van der Waals surface area contributed by atoms with Crippen molar-refractivity contribution in [3.05, 3.63) is 83.4 Å². The first-order chi connectivity index (χ1) is 15.3. The molecule has 0 aliphatic heterocycles. The van der Waals surface area contributed by atoms with Gasteiger partial charge >= 0.3 is 0 Å². The Morgan fingerprint density at radius 1 is 1.00 bits per heavy atom. The molecule has 0 aromatic heterocycles. The number of halogens is 1. The summed E-state index contributed by atoms with van der Waals surface area (Å²) in [6, 6.07) is 20.6. The van der Waals surface area contributed by atoms with E-state index in [0.29, 0.717) is 33.5 Å². The van der Waals surface area contributed by atoms with E-state index in [9.17, 15) is 13.2 Å². The van der Waals surface area contributed by atoms with E-state index in [2.05, 4.69) is 5.32 Å². The van der Waals surface area contributed by atoms with Crippen molar-refractivity contribution < 1.29 is 22.7 Å². The molecule has 0 unspecified atom stereocenters. The molecular formula is C23H23ClN2O5S. The van der Waals surface area contributed by atoms with Gasteiger partial charge in [0.2, 0.25) is 10.0 Å². The number of methoxy groups -OCH3 is 1. The number of para-hydroxylation sites is 2. The molecule has 0 aliphatic rings. The molecule has 1 N–H and O–H groups in total. The molecular weight excluding hydrogens is 452 g/mol. The van der Waals surface area contributed by atoms with Gasteiger partial charge in [-0.1, -0.05) is 41.9 Å². The second-order valence-electron chi connectivity index (χ2n) is 6.89. The summed E-state index contributed by atoms with van der Waals surface area (Å²) in [6.45, 7) is -0.118. The summed E-state index contributed by atoms with van der Waals surface area (Å²) in [7, 11) is -2.03. The lowest BCUT2D eigenvalue weighted by atomic mass is 10.2. The molecule has 3 rings (SSSR count). The van der Waals surface area contributed by atoms with E-state index in [-0.39, 0.29) is 19.1 Å². The molecule has 0 saturated heterocycles. The Morgan fingerprint density at radius 3 is 2.31 bits per heavy atom. The van der Waals surface area contributed by atoms with Crippen molar-refractivity contribution >= 4 is 38.9 Å². The fourth-order valence-corrected chi connectivity index (χ4v) is 4.05. The quantitative estimate of drug-likeness (QED) is 0.499. The summed E-state index contributed by atoms with van der Waals surface area (Å²) in [4.78, 5) is 12.2. The average molecular weight is 475 g/mol. The molecule has 168 valence electrons. The van der Waals surface area contributed by atoms with Gasteiger partial charge < -0.3 is 14.8 Å². The molecule has 0 radical (unpaired) electrons. The smallest absolute Gasteiger partial charge is 0.262 e. The van der Waals surface area contributed by atoms with Crippen molar-refractivity contribution in [2.75, 3.05) is 29.6 Å². The van der Waals surface area contributed by atoms with E-state index in [0.717, 1.165) is 6.26 Å². The summed E-state index contributed by atoms with van der Waals surface area (Å²) in [6.07, 6.45) is 1.14. The number of carbonyl (C=O) groups excluding carboxylic acids is 1. The number of nitrogens with one attached hydrogen (secondary N) is 1. The lowest BCUT2D eigenvalue weighted by Crippen LogP contribution is -2.29. The van der Waals surface area contributed by atoms with Gasteiger partial charge in [-0.25, -0.2) is 8.42 Å². The van der Waals surface area contributed by atoms with Gasteiger partial charge in [0.25, 0.3) is 5.91 Å². The van der Waals surface area contributed by atoms with Crippen LogP contribution in [0.5, 0.6) is 11.5 Å². The number of hydrogen-bond acceptors (Lipinski definition) is 5. The normalized spacial score (nSPS) is 11.0. The zero-order valence-electron chi connectivity index (χ0n) is 17.6. The van der Waals surface area contributed by atoms with E-state index < -0.39 is 10.0 Å². The van der Waals surface area contributed by atoms with Crippen molar-refractivity contribution in [3.8, 4) is 11.5 Å². The molecule has 3 aromatic rings. The van der Waals surface area contributed by atoms with E-state index in [4.69, 9.17) is 21.1 Å². The van der Waals surface area contributed by atoms with Gasteiger partial charge in [0, 0.05) is 5.02 Å². The van der Waals surface area contributed by atoms with Crippen LogP contribution in [0.3, 0.4) is 0 Å². The van der Waals surface area contributed by atoms with Crippen LogP contribution in [-0.4, -0.2) is 34.3 Å². The number of carbonyl (C=O) groups is 1. The maximum atomic E-state index is 12.4. The van der Waals surface area contributed by atoms with E-state index in [1.807, 2.05) is 0 Å². The van der Waals surface area contributed by atoms with Crippen LogP contribution in [0.2, 0.25) is 5.02 Å². The number of hydrogen-bond donors (Lipinski definition) is 1. The number of ether oxygens (including phenoxy) is 2. The Morgan fingerprint density at radius 2 is 1.66 bits per heavy atom. The fourth-order valence-electron chi connectivity index (χ4n) is 2.97. The van der Waals surface area contributed by atoms with Crippen molar-refractivity contribution in [2.45, 2.75) is 6.54 Å². The molecule has 0 fully saturated rings. The van der Waals surface area contributed by atoms with Crippen LogP contribution in [-0.2, 0) is 21.4 Å². The van der Waals surface area contributed by atoms with Gasteiger partial charge in [0.15, 0.2) is 6.61 Å². The highest BCUT2D eigenvalue weighted by Gasteiger charge is 2.19. The molecule has 0 atom stereocenters. The van der Waals surface area contributed by atoms with E-state index in [1.54, 1.807) is 72.8 Å². The Kier molecular flexibility index (Phi) is 7.61. The molecule has 0 bridgehead atoms.